The van der Waals surface area contributed by atoms with Crippen molar-refractivity contribution in [2.45, 2.75) is 12.8 Å². The monoisotopic (exact) mass is 333 g/mol. The predicted octanol–water partition coefficient (Wildman–Crippen LogP) is 0.407. The Labute approximate surface area is 129 Å². The van der Waals surface area contributed by atoms with Crippen LogP contribution in [0.1, 0.15) is 12.8 Å². The number of piperazine rings is 1. The van der Waals surface area contributed by atoms with Gasteiger partial charge in [0, 0.05) is 45.8 Å². The van der Waals surface area contributed by atoms with Crippen LogP contribution in [0.15, 0.2) is 0 Å². The molecule has 1 N–H and O–H groups in total. The molecule has 0 spiro atoms. The standard InChI is InChI=1S/C11H23N3O2S.2ClH/c1-17(15,16)14-6-2-3-11(10-14)9-13-7-4-12-5-8-13;;/h11-12H,2-10H2,1H3;2*1H. The lowest BCUT2D eigenvalue weighted by Gasteiger charge is -2.35. The zero-order chi connectivity index (χ0) is 12.3. The molecule has 0 radical (unpaired) electrons. The third kappa shape index (κ3) is 6.14. The fourth-order valence-electron chi connectivity index (χ4n) is 2.74. The number of hydrogen-bond donors (Lipinski definition) is 1. The number of sulfonamides is 1. The summed E-state index contributed by atoms with van der Waals surface area (Å²) in [4.78, 5) is 2.45. The number of nitrogens with zero attached hydrogens (tertiary/aromatic N) is 2. The molecule has 116 valence electrons. The summed E-state index contributed by atoms with van der Waals surface area (Å²) < 4.78 is 24.7. The van der Waals surface area contributed by atoms with E-state index in [2.05, 4.69) is 10.2 Å². The van der Waals surface area contributed by atoms with Gasteiger partial charge in [0.25, 0.3) is 0 Å². The number of nitrogens with one attached hydrogen (secondary N) is 1. The van der Waals surface area contributed by atoms with Crippen LogP contribution >= 0.6 is 24.8 Å². The highest BCUT2D eigenvalue weighted by atomic mass is 35.5. The van der Waals surface area contributed by atoms with Crippen LogP contribution in [0.2, 0.25) is 0 Å². The first-order valence-electron chi connectivity index (χ1n) is 6.44. The first kappa shape index (κ1) is 19.4. The molecule has 8 heteroatoms. The Balaban J connectivity index is 0.00000162. The van der Waals surface area contributed by atoms with Crippen molar-refractivity contribution >= 4 is 34.8 Å². The van der Waals surface area contributed by atoms with Gasteiger partial charge in [-0.3, -0.25) is 0 Å². The Morgan fingerprint density at radius 3 is 2.37 bits per heavy atom. The van der Waals surface area contributed by atoms with Gasteiger partial charge in [-0.05, 0) is 18.8 Å². The molecule has 5 nitrogen and oxygen atoms in total. The van der Waals surface area contributed by atoms with Crippen molar-refractivity contribution < 1.29 is 8.42 Å². The Bertz CT molecular complexity index is 348. The molecule has 0 aromatic heterocycles. The Morgan fingerprint density at radius 2 is 1.79 bits per heavy atom. The summed E-state index contributed by atoms with van der Waals surface area (Å²) in [6.45, 7) is 6.77. The third-order valence-electron chi connectivity index (χ3n) is 3.68. The van der Waals surface area contributed by atoms with Crippen molar-refractivity contribution in [3.05, 3.63) is 0 Å². The molecule has 2 aliphatic heterocycles. The lowest BCUT2D eigenvalue weighted by Crippen LogP contribution is -2.48. The maximum Gasteiger partial charge on any atom is 0.211 e. The summed E-state index contributed by atoms with van der Waals surface area (Å²) >= 11 is 0. The molecule has 0 aliphatic carbocycles. The van der Waals surface area contributed by atoms with E-state index in [-0.39, 0.29) is 24.8 Å². The van der Waals surface area contributed by atoms with Crippen molar-refractivity contribution in [3.8, 4) is 0 Å². The van der Waals surface area contributed by atoms with Gasteiger partial charge in [0.05, 0.1) is 6.26 Å². The van der Waals surface area contributed by atoms with Gasteiger partial charge in [-0.2, -0.15) is 0 Å². The van der Waals surface area contributed by atoms with E-state index >= 15 is 0 Å². The molecular weight excluding hydrogens is 309 g/mol. The summed E-state index contributed by atoms with van der Waals surface area (Å²) in [6.07, 6.45) is 3.49. The Hall–Kier alpha value is 0.410. The van der Waals surface area contributed by atoms with E-state index in [1.165, 1.54) is 6.26 Å². The van der Waals surface area contributed by atoms with Crippen LogP contribution in [-0.2, 0) is 10.0 Å². The molecule has 19 heavy (non-hydrogen) atoms. The number of piperidine rings is 1. The number of rotatable bonds is 3. The van der Waals surface area contributed by atoms with Crippen molar-refractivity contribution in [2.24, 2.45) is 5.92 Å². The van der Waals surface area contributed by atoms with Crippen molar-refractivity contribution in [1.29, 1.82) is 0 Å². The van der Waals surface area contributed by atoms with E-state index in [4.69, 9.17) is 0 Å². The fourth-order valence-corrected chi connectivity index (χ4v) is 3.68. The minimum absolute atomic E-state index is 0. The summed E-state index contributed by atoms with van der Waals surface area (Å²) in [5, 5.41) is 3.34. The van der Waals surface area contributed by atoms with Gasteiger partial charge < -0.3 is 10.2 Å². The van der Waals surface area contributed by atoms with E-state index in [9.17, 15) is 8.42 Å². The Morgan fingerprint density at radius 1 is 1.16 bits per heavy atom. The fraction of sp³-hybridized carbons (Fsp3) is 1.00. The van der Waals surface area contributed by atoms with Crippen LogP contribution in [0.4, 0.5) is 0 Å². The quantitative estimate of drug-likeness (QED) is 0.812. The zero-order valence-electron chi connectivity index (χ0n) is 11.4. The molecule has 0 aromatic carbocycles. The molecule has 2 heterocycles. The molecule has 1 atom stereocenters. The average Bonchev–Trinajstić information content (AvgIpc) is 2.29. The number of hydrogen-bond acceptors (Lipinski definition) is 4. The van der Waals surface area contributed by atoms with Gasteiger partial charge in [-0.15, -0.1) is 24.8 Å². The molecule has 2 saturated heterocycles. The lowest BCUT2D eigenvalue weighted by molar-refractivity contribution is 0.165. The van der Waals surface area contributed by atoms with Crippen molar-refractivity contribution in [3.63, 3.8) is 0 Å². The van der Waals surface area contributed by atoms with Gasteiger partial charge in [-0.25, -0.2) is 12.7 Å². The van der Waals surface area contributed by atoms with E-state index in [1.54, 1.807) is 4.31 Å². The molecule has 0 aromatic rings. The second kappa shape index (κ2) is 8.64. The highest BCUT2D eigenvalue weighted by Gasteiger charge is 2.27. The van der Waals surface area contributed by atoms with Crippen LogP contribution in [0, 0.1) is 5.92 Å². The van der Waals surface area contributed by atoms with E-state index < -0.39 is 10.0 Å². The smallest absolute Gasteiger partial charge is 0.211 e. The van der Waals surface area contributed by atoms with E-state index in [0.717, 1.165) is 45.6 Å². The number of halogens is 2. The SMILES string of the molecule is CS(=O)(=O)N1CCCC(CN2CCNCC2)C1.Cl.Cl. The van der Waals surface area contributed by atoms with Gasteiger partial charge >= 0.3 is 0 Å². The van der Waals surface area contributed by atoms with E-state index in [1.807, 2.05) is 0 Å². The minimum Gasteiger partial charge on any atom is -0.314 e. The van der Waals surface area contributed by atoms with Crippen molar-refractivity contribution in [1.82, 2.24) is 14.5 Å². The lowest BCUT2D eigenvalue weighted by atomic mass is 9.99. The zero-order valence-corrected chi connectivity index (χ0v) is 13.8. The summed E-state index contributed by atoms with van der Waals surface area (Å²) in [5.41, 5.74) is 0. The van der Waals surface area contributed by atoms with Gasteiger partial charge in [0.1, 0.15) is 0 Å². The molecule has 0 saturated carbocycles. The van der Waals surface area contributed by atoms with Gasteiger partial charge in [-0.1, -0.05) is 0 Å². The minimum atomic E-state index is -3.00. The topological polar surface area (TPSA) is 52.7 Å². The summed E-state index contributed by atoms with van der Waals surface area (Å²) in [6, 6.07) is 0. The Kier molecular flexibility index (Phi) is 8.83. The average molecular weight is 334 g/mol. The molecular formula is C11H25Cl2N3O2S. The molecule has 2 fully saturated rings. The van der Waals surface area contributed by atoms with Crippen LogP contribution in [0.3, 0.4) is 0 Å². The first-order chi connectivity index (χ1) is 8.05. The summed E-state index contributed by atoms with van der Waals surface area (Å²) in [5.74, 6) is 0.511. The first-order valence-corrected chi connectivity index (χ1v) is 8.29. The van der Waals surface area contributed by atoms with Crippen molar-refractivity contribution in [2.75, 3.05) is 52.1 Å². The highest BCUT2D eigenvalue weighted by molar-refractivity contribution is 7.88. The molecule has 2 aliphatic rings. The van der Waals surface area contributed by atoms with Gasteiger partial charge in [0.2, 0.25) is 10.0 Å². The highest BCUT2D eigenvalue weighted by Crippen LogP contribution is 2.19. The van der Waals surface area contributed by atoms with Crippen LogP contribution in [0.25, 0.3) is 0 Å². The predicted molar refractivity (Wildman–Crippen MR) is 82.9 cm³/mol. The second-order valence-corrected chi connectivity index (χ2v) is 7.16. The molecule has 0 bridgehead atoms. The molecule has 2 rings (SSSR count). The normalized spacial score (nSPS) is 26.3. The van der Waals surface area contributed by atoms with E-state index in [0.29, 0.717) is 19.0 Å². The van der Waals surface area contributed by atoms with Gasteiger partial charge in [0.15, 0.2) is 0 Å². The maximum absolute atomic E-state index is 11.5. The van der Waals surface area contributed by atoms with Crippen LogP contribution in [0.5, 0.6) is 0 Å². The largest absolute Gasteiger partial charge is 0.314 e. The van der Waals surface area contributed by atoms with Crippen LogP contribution in [-0.4, -0.2) is 69.7 Å². The maximum atomic E-state index is 11.5. The third-order valence-corrected chi connectivity index (χ3v) is 4.95. The summed E-state index contributed by atoms with van der Waals surface area (Å²) in [7, 11) is -3.00. The molecule has 1 unspecified atom stereocenters. The second-order valence-electron chi connectivity index (χ2n) is 5.18. The molecule has 0 amide bonds. The van der Waals surface area contributed by atoms with Crippen LogP contribution < -0.4 is 5.32 Å².